The fraction of sp³-hybridized carbons (Fsp3) is 0.273. The van der Waals surface area contributed by atoms with Crippen molar-refractivity contribution in [2.45, 2.75) is 37.8 Å². The van der Waals surface area contributed by atoms with Crippen LogP contribution in [0.4, 0.5) is 8.78 Å². The summed E-state index contributed by atoms with van der Waals surface area (Å²) in [5.41, 5.74) is 3.36. The van der Waals surface area contributed by atoms with Gasteiger partial charge < -0.3 is 0 Å². The number of aromatic nitrogens is 4. The Hall–Kier alpha value is -5.46. The van der Waals surface area contributed by atoms with E-state index in [1.54, 1.807) is 52.6 Å². The van der Waals surface area contributed by atoms with E-state index in [2.05, 4.69) is 57.6 Å². The van der Waals surface area contributed by atoms with Crippen molar-refractivity contribution in [3.05, 3.63) is 150 Å². The number of fused-ring (bicyclic) bond motifs is 2. The van der Waals surface area contributed by atoms with Gasteiger partial charge in [0.25, 0.3) is 11.1 Å². The number of terminal acetylenes is 1. The maximum Gasteiger partial charge on any atom is 0.261 e. The average Bonchev–Trinajstić information content (AvgIpc) is 3.81. The van der Waals surface area contributed by atoms with E-state index < -0.39 is 0 Å². The highest BCUT2D eigenvalue weighted by Crippen LogP contribution is 2.30. The minimum Gasteiger partial charge on any atom is -0.298 e. The third-order valence-electron chi connectivity index (χ3n) is 9.99. The summed E-state index contributed by atoms with van der Waals surface area (Å²) in [5.74, 6) is 9.39. The highest BCUT2D eigenvalue weighted by molar-refractivity contribution is 9.10. The molecule has 8 rings (SSSR count). The highest BCUT2D eigenvalue weighted by Gasteiger charge is 2.28. The first-order valence-electron chi connectivity index (χ1n) is 18.0. The number of hydrogen-bond donors (Lipinski definition) is 0. The molecule has 0 spiro atoms. The average molecular weight is 804 g/mol. The predicted molar refractivity (Wildman–Crippen MR) is 218 cm³/mol. The van der Waals surface area contributed by atoms with Gasteiger partial charge in [-0.15, -0.1) is 6.42 Å². The van der Waals surface area contributed by atoms with Crippen LogP contribution >= 0.6 is 15.9 Å². The van der Waals surface area contributed by atoms with Crippen LogP contribution in [-0.2, 0) is 14.1 Å². The lowest BCUT2D eigenvalue weighted by molar-refractivity contribution is 0.298. The van der Waals surface area contributed by atoms with Crippen molar-refractivity contribution in [2.24, 2.45) is 14.1 Å². The van der Waals surface area contributed by atoms with E-state index in [0.29, 0.717) is 27.4 Å². The van der Waals surface area contributed by atoms with Gasteiger partial charge in [0.1, 0.15) is 23.3 Å². The molecule has 2 fully saturated rings. The summed E-state index contributed by atoms with van der Waals surface area (Å²) in [6, 6.07) is 23.6. The quantitative estimate of drug-likeness (QED) is 0.169. The first-order valence-corrected chi connectivity index (χ1v) is 18.8. The van der Waals surface area contributed by atoms with Crippen molar-refractivity contribution < 1.29 is 8.78 Å². The summed E-state index contributed by atoms with van der Waals surface area (Å²) in [7, 11) is 7.76. The Labute approximate surface area is 327 Å². The molecule has 2 aliphatic rings. The second-order valence-corrected chi connectivity index (χ2v) is 14.7. The van der Waals surface area contributed by atoms with Gasteiger partial charge in [-0.25, -0.2) is 18.7 Å². The van der Waals surface area contributed by atoms with E-state index in [-0.39, 0.29) is 34.8 Å². The predicted octanol–water partition coefficient (Wildman–Crippen LogP) is 7.51. The molecule has 280 valence electrons. The van der Waals surface area contributed by atoms with Crippen LogP contribution in [0.5, 0.6) is 0 Å². The molecule has 0 aliphatic carbocycles. The molecule has 0 bridgehead atoms. The van der Waals surface area contributed by atoms with Gasteiger partial charge in [0, 0.05) is 35.3 Å². The normalized spacial score (nSPS) is 16.8. The van der Waals surface area contributed by atoms with E-state index in [1.807, 2.05) is 31.3 Å². The Kier molecular flexibility index (Phi) is 12.4. The molecule has 0 saturated carbocycles. The lowest BCUT2D eigenvalue weighted by atomic mass is 10.1. The smallest absolute Gasteiger partial charge is 0.261 e. The molecule has 4 aromatic carbocycles. The lowest BCUT2D eigenvalue weighted by Crippen LogP contribution is -2.28. The van der Waals surface area contributed by atoms with E-state index >= 15 is 0 Å². The van der Waals surface area contributed by atoms with Gasteiger partial charge in [-0.3, -0.25) is 28.5 Å². The van der Waals surface area contributed by atoms with Crippen molar-refractivity contribution in [3.8, 4) is 24.2 Å². The molecule has 2 saturated heterocycles. The molecule has 6 aromatic rings. The fourth-order valence-electron chi connectivity index (χ4n) is 6.99. The lowest BCUT2D eigenvalue weighted by Gasteiger charge is -2.21. The number of halogens is 3. The Balaban J connectivity index is 0.000000159. The maximum atomic E-state index is 13.3. The Bertz CT molecular complexity index is 2600. The van der Waals surface area contributed by atoms with Crippen molar-refractivity contribution in [3.63, 3.8) is 0 Å². The summed E-state index contributed by atoms with van der Waals surface area (Å²) < 4.78 is 29.9. The summed E-state index contributed by atoms with van der Waals surface area (Å²) in [6.45, 7) is 2.08. The van der Waals surface area contributed by atoms with E-state index in [9.17, 15) is 18.4 Å². The van der Waals surface area contributed by atoms with Crippen molar-refractivity contribution >= 4 is 37.7 Å². The standard InChI is InChI=1S/C22H20FN3O.C14H16BrN3O.C8H5F/c1-25-12-4-7-20(25)21-24-19-14-16(10-11-18(19)22(27)26(21)2)9-8-15-5-3-6-17(23)13-15;1-17-7-3-4-12(17)13-16-11-8-9(15)5-6-10(11)14(19)18(13)2;1-2-7-4-3-5-8(9)6-7/h3,5-6,10-11,13-14,20H,4,7,12H2,1-2H3;5-6,8,12H,3-4,7H2,1-2H3;1,3-6H. The SMILES string of the molecule is C#Cc1cccc(F)c1.CN1CCCC1c1nc2cc(Br)ccc2c(=O)n1C.CN1CCCC1c1nc2cc(C#Cc3cccc(F)c3)ccc2c(=O)n1C. The van der Waals surface area contributed by atoms with Gasteiger partial charge in [0.15, 0.2) is 0 Å². The topological polar surface area (TPSA) is 76.3 Å². The first kappa shape index (κ1) is 39.2. The number of rotatable bonds is 2. The molecule has 0 N–H and O–H groups in total. The second-order valence-electron chi connectivity index (χ2n) is 13.8. The molecule has 0 amide bonds. The summed E-state index contributed by atoms with van der Waals surface area (Å²) in [6.07, 6.45) is 9.33. The van der Waals surface area contributed by atoms with E-state index in [4.69, 9.17) is 16.4 Å². The molecule has 0 radical (unpaired) electrons. The van der Waals surface area contributed by atoms with Crippen LogP contribution in [0.2, 0.25) is 0 Å². The molecule has 8 nitrogen and oxygen atoms in total. The van der Waals surface area contributed by atoms with Crippen molar-refractivity contribution in [1.29, 1.82) is 0 Å². The van der Waals surface area contributed by atoms with Gasteiger partial charge >= 0.3 is 0 Å². The highest BCUT2D eigenvalue weighted by atomic mass is 79.9. The molecule has 2 aromatic heterocycles. The van der Waals surface area contributed by atoms with Crippen molar-refractivity contribution in [1.82, 2.24) is 28.9 Å². The van der Waals surface area contributed by atoms with Crippen LogP contribution in [0.3, 0.4) is 0 Å². The molecule has 11 heteroatoms. The van der Waals surface area contributed by atoms with E-state index in [0.717, 1.165) is 66.0 Å². The minimum absolute atomic E-state index is 0.0350. The van der Waals surface area contributed by atoms with Crippen LogP contribution in [0.25, 0.3) is 21.8 Å². The molecule has 4 heterocycles. The molecule has 55 heavy (non-hydrogen) atoms. The van der Waals surface area contributed by atoms with Gasteiger partial charge in [0.05, 0.1) is 33.9 Å². The van der Waals surface area contributed by atoms with Crippen molar-refractivity contribution in [2.75, 3.05) is 27.2 Å². The van der Waals surface area contributed by atoms with Gasteiger partial charge in [0.2, 0.25) is 0 Å². The number of likely N-dealkylation sites (tertiary alicyclic amines) is 2. The summed E-state index contributed by atoms with van der Waals surface area (Å²) in [5, 5.41) is 1.26. The number of nitrogens with zero attached hydrogens (tertiary/aromatic N) is 6. The molecular formula is C44H41BrF2N6O2. The van der Waals surface area contributed by atoms with Crippen LogP contribution < -0.4 is 11.1 Å². The molecular weight excluding hydrogens is 762 g/mol. The van der Waals surface area contributed by atoms with Gasteiger partial charge in [-0.1, -0.05) is 45.8 Å². The number of hydrogen-bond acceptors (Lipinski definition) is 6. The Morgan fingerprint density at radius 1 is 0.655 bits per heavy atom. The number of benzene rings is 4. The Morgan fingerprint density at radius 3 is 1.60 bits per heavy atom. The van der Waals surface area contributed by atoms with Crippen LogP contribution in [0, 0.1) is 35.8 Å². The largest absolute Gasteiger partial charge is 0.298 e. The molecule has 2 aliphatic heterocycles. The third-order valence-corrected chi connectivity index (χ3v) is 10.5. The third kappa shape index (κ3) is 9.09. The van der Waals surface area contributed by atoms with Crippen LogP contribution in [0.1, 0.15) is 66.1 Å². The molecule has 2 unspecified atom stereocenters. The zero-order valence-electron chi connectivity index (χ0n) is 31.2. The van der Waals surface area contributed by atoms with Crippen LogP contribution in [-0.4, -0.2) is 56.1 Å². The molecule has 2 atom stereocenters. The first-order chi connectivity index (χ1) is 26.4. The monoisotopic (exact) mass is 802 g/mol. The Morgan fingerprint density at radius 2 is 1.13 bits per heavy atom. The summed E-state index contributed by atoms with van der Waals surface area (Å²) in [4.78, 5) is 39.2. The zero-order chi connectivity index (χ0) is 39.2. The summed E-state index contributed by atoms with van der Waals surface area (Å²) >= 11 is 3.44. The van der Waals surface area contributed by atoms with Crippen LogP contribution in [0.15, 0.2) is 99.0 Å². The zero-order valence-corrected chi connectivity index (χ0v) is 32.8. The second kappa shape index (κ2) is 17.3. The van der Waals surface area contributed by atoms with Gasteiger partial charge in [-0.2, -0.15) is 0 Å². The van der Waals surface area contributed by atoms with Gasteiger partial charge in [-0.05, 0) is 126 Å². The minimum atomic E-state index is -0.309. The van der Waals surface area contributed by atoms with E-state index in [1.165, 1.54) is 24.3 Å². The maximum absolute atomic E-state index is 13.3. The fourth-order valence-corrected chi connectivity index (χ4v) is 7.33.